The van der Waals surface area contributed by atoms with Crippen molar-refractivity contribution < 1.29 is 9.15 Å². The molecule has 3 heterocycles. The van der Waals surface area contributed by atoms with E-state index in [2.05, 4.69) is 27.6 Å². The maximum atomic E-state index is 6.02. The van der Waals surface area contributed by atoms with Crippen LogP contribution in [0.25, 0.3) is 11.5 Å². The summed E-state index contributed by atoms with van der Waals surface area (Å²) in [6.07, 6.45) is 7.48. The van der Waals surface area contributed by atoms with Crippen LogP contribution in [0.3, 0.4) is 0 Å². The van der Waals surface area contributed by atoms with Gasteiger partial charge in [-0.15, -0.1) is 0 Å². The van der Waals surface area contributed by atoms with Gasteiger partial charge >= 0.3 is 0 Å². The smallest absolute Gasteiger partial charge is 0.226 e. The normalized spacial score (nSPS) is 17.8. The van der Waals surface area contributed by atoms with Crippen LogP contribution in [0.2, 0.25) is 0 Å². The molecule has 4 rings (SSSR count). The van der Waals surface area contributed by atoms with E-state index in [1.165, 1.54) is 12.8 Å². The number of hydrogen-bond donors (Lipinski definition) is 0. The summed E-state index contributed by atoms with van der Waals surface area (Å²) in [6.45, 7) is 5.87. The van der Waals surface area contributed by atoms with Gasteiger partial charge in [0.25, 0.3) is 0 Å². The van der Waals surface area contributed by atoms with E-state index in [9.17, 15) is 0 Å². The first-order valence-electron chi connectivity index (χ1n) is 9.89. The molecule has 6 heteroatoms. The molecule has 1 aromatic carbocycles. The Morgan fingerprint density at radius 3 is 2.82 bits per heavy atom. The van der Waals surface area contributed by atoms with E-state index in [1.54, 1.807) is 7.11 Å². The molecule has 0 unspecified atom stereocenters. The summed E-state index contributed by atoms with van der Waals surface area (Å²) in [5, 5.41) is 0. The monoisotopic (exact) mass is 380 g/mol. The number of aromatic nitrogens is 3. The molecule has 0 radical (unpaired) electrons. The standard InChI is InChI=1S/C22H28N4O2/c1-15-13-17(8-9-20(15)27-4)22-24-18(16(2)28-22)14-26-11-6-5-7-19(26)21-23-10-12-25(21)3/h8-10,12-13,19H,5-7,11,14H2,1-4H3/t19-/m1/s1. The van der Waals surface area contributed by atoms with Gasteiger partial charge in [0.05, 0.1) is 18.8 Å². The number of benzene rings is 1. The van der Waals surface area contributed by atoms with Gasteiger partial charge in [0.15, 0.2) is 0 Å². The Morgan fingerprint density at radius 2 is 2.11 bits per heavy atom. The van der Waals surface area contributed by atoms with Gasteiger partial charge in [-0.05, 0) is 57.0 Å². The average molecular weight is 380 g/mol. The summed E-state index contributed by atoms with van der Waals surface area (Å²) in [5.41, 5.74) is 3.06. The zero-order valence-electron chi connectivity index (χ0n) is 17.1. The van der Waals surface area contributed by atoms with Crippen molar-refractivity contribution in [1.29, 1.82) is 0 Å². The number of methoxy groups -OCH3 is 1. The first-order chi connectivity index (χ1) is 13.6. The highest BCUT2D eigenvalue weighted by atomic mass is 16.5. The molecule has 1 saturated heterocycles. The number of imidazole rings is 1. The SMILES string of the molecule is COc1ccc(-c2nc(CN3CCCC[C@@H]3c3nccn3C)c(C)o2)cc1C. The third-order valence-electron chi connectivity index (χ3n) is 5.66. The van der Waals surface area contributed by atoms with E-state index >= 15 is 0 Å². The van der Waals surface area contributed by atoms with Crippen LogP contribution in [0.1, 0.15) is 48.1 Å². The minimum Gasteiger partial charge on any atom is -0.496 e. The number of hydrogen-bond acceptors (Lipinski definition) is 5. The van der Waals surface area contributed by atoms with Gasteiger partial charge in [0.2, 0.25) is 5.89 Å². The number of ether oxygens (including phenoxy) is 1. The number of oxazole rings is 1. The topological polar surface area (TPSA) is 56.3 Å². The lowest BCUT2D eigenvalue weighted by Gasteiger charge is -2.34. The fraction of sp³-hybridized carbons (Fsp3) is 0.455. The maximum Gasteiger partial charge on any atom is 0.226 e. The van der Waals surface area contributed by atoms with Gasteiger partial charge < -0.3 is 13.7 Å². The van der Waals surface area contributed by atoms with E-state index in [-0.39, 0.29) is 0 Å². The van der Waals surface area contributed by atoms with E-state index in [1.807, 2.05) is 38.4 Å². The molecule has 1 aliphatic heterocycles. The average Bonchev–Trinajstić information content (AvgIpc) is 3.28. The summed E-state index contributed by atoms with van der Waals surface area (Å²) in [4.78, 5) is 11.9. The zero-order chi connectivity index (χ0) is 19.7. The second kappa shape index (κ2) is 7.80. The second-order valence-electron chi connectivity index (χ2n) is 7.58. The molecular formula is C22H28N4O2. The molecule has 0 spiro atoms. The maximum absolute atomic E-state index is 6.02. The van der Waals surface area contributed by atoms with E-state index in [0.717, 1.165) is 53.7 Å². The number of piperidine rings is 1. The van der Waals surface area contributed by atoms with Crippen LogP contribution in [0.4, 0.5) is 0 Å². The third-order valence-corrected chi connectivity index (χ3v) is 5.66. The molecule has 0 saturated carbocycles. The van der Waals surface area contributed by atoms with Gasteiger partial charge in [-0.2, -0.15) is 0 Å². The van der Waals surface area contributed by atoms with Crippen LogP contribution in [-0.4, -0.2) is 33.1 Å². The Bertz CT molecular complexity index is 959. The highest BCUT2D eigenvalue weighted by molar-refractivity contribution is 5.57. The molecule has 6 nitrogen and oxygen atoms in total. The molecule has 1 aliphatic rings. The van der Waals surface area contributed by atoms with Gasteiger partial charge in [0, 0.05) is 31.5 Å². The molecule has 148 valence electrons. The fourth-order valence-corrected chi connectivity index (χ4v) is 4.07. The minimum absolute atomic E-state index is 0.330. The van der Waals surface area contributed by atoms with Crippen LogP contribution in [0.5, 0.6) is 5.75 Å². The van der Waals surface area contributed by atoms with Crippen molar-refractivity contribution in [2.24, 2.45) is 7.05 Å². The summed E-state index contributed by atoms with van der Waals surface area (Å²) in [6, 6.07) is 6.35. The fourth-order valence-electron chi connectivity index (χ4n) is 4.07. The van der Waals surface area contributed by atoms with Crippen LogP contribution in [0.15, 0.2) is 35.0 Å². The molecule has 28 heavy (non-hydrogen) atoms. The first-order valence-corrected chi connectivity index (χ1v) is 9.89. The number of nitrogens with zero attached hydrogens (tertiary/aromatic N) is 4. The van der Waals surface area contributed by atoms with Crippen molar-refractivity contribution in [1.82, 2.24) is 19.4 Å². The Morgan fingerprint density at radius 1 is 1.25 bits per heavy atom. The van der Waals surface area contributed by atoms with Gasteiger partial charge in [0.1, 0.15) is 17.3 Å². The van der Waals surface area contributed by atoms with Crippen molar-refractivity contribution >= 4 is 0 Å². The molecule has 1 fully saturated rings. The predicted octanol–water partition coefficient (Wildman–Crippen LogP) is 4.43. The molecule has 1 atom stereocenters. The number of likely N-dealkylation sites (tertiary alicyclic amines) is 1. The highest BCUT2D eigenvalue weighted by Gasteiger charge is 2.28. The molecule has 2 aromatic heterocycles. The quantitative estimate of drug-likeness (QED) is 0.655. The van der Waals surface area contributed by atoms with E-state index in [4.69, 9.17) is 14.1 Å². The van der Waals surface area contributed by atoms with Crippen LogP contribution < -0.4 is 4.74 Å². The summed E-state index contributed by atoms with van der Waals surface area (Å²) < 4.78 is 13.5. The number of aryl methyl sites for hydroxylation is 3. The largest absolute Gasteiger partial charge is 0.496 e. The Hall–Kier alpha value is -2.60. The Labute approximate surface area is 166 Å². The molecule has 0 amide bonds. The summed E-state index contributed by atoms with van der Waals surface area (Å²) in [5.74, 6) is 3.56. The number of rotatable bonds is 5. The van der Waals surface area contributed by atoms with Crippen LogP contribution in [0, 0.1) is 13.8 Å². The first kappa shape index (κ1) is 18.7. The highest BCUT2D eigenvalue weighted by Crippen LogP contribution is 2.33. The minimum atomic E-state index is 0.330. The molecule has 0 bridgehead atoms. The Balaban J connectivity index is 1.58. The van der Waals surface area contributed by atoms with Crippen molar-refractivity contribution in [3.63, 3.8) is 0 Å². The lowest BCUT2D eigenvalue weighted by atomic mass is 10.0. The second-order valence-corrected chi connectivity index (χ2v) is 7.58. The van der Waals surface area contributed by atoms with Gasteiger partial charge in [-0.25, -0.2) is 9.97 Å². The van der Waals surface area contributed by atoms with E-state index in [0.29, 0.717) is 11.9 Å². The van der Waals surface area contributed by atoms with Crippen molar-refractivity contribution in [2.75, 3.05) is 13.7 Å². The van der Waals surface area contributed by atoms with Crippen molar-refractivity contribution in [3.05, 3.63) is 53.4 Å². The molecular weight excluding hydrogens is 352 g/mol. The van der Waals surface area contributed by atoms with Gasteiger partial charge in [-0.1, -0.05) is 6.42 Å². The lowest BCUT2D eigenvalue weighted by Crippen LogP contribution is -2.34. The predicted molar refractivity (Wildman–Crippen MR) is 108 cm³/mol. The molecule has 3 aromatic rings. The summed E-state index contributed by atoms with van der Waals surface area (Å²) in [7, 11) is 3.76. The zero-order valence-corrected chi connectivity index (χ0v) is 17.1. The van der Waals surface area contributed by atoms with E-state index < -0.39 is 0 Å². The van der Waals surface area contributed by atoms with Gasteiger partial charge in [-0.3, -0.25) is 4.90 Å². The van der Waals surface area contributed by atoms with Crippen LogP contribution in [-0.2, 0) is 13.6 Å². The van der Waals surface area contributed by atoms with Crippen molar-refractivity contribution in [3.8, 4) is 17.2 Å². The van der Waals surface area contributed by atoms with Crippen LogP contribution >= 0.6 is 0 Å². The summed E-state index contributed by atoms with van der Waals surface area (Å²) >= 11 is 0. The lowest BCUT2D eigenvalue weighted by molar-refractivity contribution is 0.129. The third kappa shape index (κ3) is 3.56. The Kier molecular flexibility index (Phi) is 5.22. The molecule has 0 N–H and O–H groups in total. The molecule has 0 aliphatic carbocycles. The van der Waals surface area contributed by atoms with Crippen molar-refractivity contribution in [2.45, 2.75) is 45.7 Å².